The molecule has 2 unspecified atom stereocenters. The second kappa shape index (κ2) is 8.65. The minimum atomic E-state index is -0.425. The van der Waals surface area contributed by atoms with Crippen LogP contribution in [0.2, 0.25) is 10.0 Å². The summed E-state index contributed by atoms with van der Waals surface area (Å²) in [4.78, 5) is 17.9. The van der Waals surface area contributed by atoms with Crippen molar-refractivity contribution in [2.24, 2.45) is 0 Å². The van der Waals surface area contributed by atoms with Crippen LogP contribution in [0.15, 0.2) is 48.5 Å². The van der Waals surface area contributed by atoms with E-state index >= 15 is 0 Å². The molecule has 164 valence electrons. The quantitative estimate of drug-likeness (QED) is 0.665. The number of anilines is 1. The molecule has 31 heavy (non-hydrogen) atoms. The molecule has 0 radical (unpaired) electrons. The van der Waals surface area contributed by atoms with Gasteiger partial charge >= 0.3 is 0 Å². The molecule has 1 saturated carbocycles. The summed E-state index contributed by atoms with van der Waals surface area (Å²) >= 11 is 12.5. The lowest BCUT2D eigenvalue weighted by atomic mass is 9.77. The Balaban J connectivity index is 1.35. The van der Waals surface area contributed by atoms with Crippen molar-refractivity contribution in [1.82, 2.24) is 10.2 Å². The average Bonchev–Trinajstić information content (AvgIpc) is 3.12. The van der Waals surface area contributed by atoms with Crippen LogP contribution >= 0.6 is 23.2 Å². The maximum Gasteiger partial charge on any atom is 0.247 e. The maximum atomic E-state index is 13.0. The van der Waals surface area contributed by atoms with Crippen molar-refractivity contribution in [1.29, 1.82) is 0 Å². The first-order valence-corrected chi connectivity index (χ1v) is 12.1. The predicted octanol–water partition coefficient (Wildman–Crippen LogP) is 5.45. The second-order valence-corrected chi connectivity index (χ2v) is 9.94. The van der Waals surface area contributed by atoms with Gasteiger partial charge in [-0.3, -0.25) is 9.69 Å². The van der Waals surface area contributed by atoms with E-state index in [2.05, 4.69) is 39.4 Å². The van der Waals surface area contributed by atoms with Gasteiger partial charge in [-0.15, -0.1) is 0 Å². The monoisotopic (exact) mass is 457 g/mol. The summed E-state index contributed by atoms with van der Waals surface area (Å²) in [5.74, 6) is 0.654. The third-order valence-electron chi connectivity index (χ3n) is 7.60. The highest BCUT2D eigenvalue weighted by molar-refractivity contribution is 6.42. The number of amides is 1. The van der Waals surface area contributed by atoms with E-state index in [1.165, 1.54) is 31.2 Å². The fraction of sp³-hybridized carbons (Fsp3) is 0.480. The van der Waals surface area contributed by atoms with Crippen LogP contribution < -0.4 is 10.2 Å². The summed E-state index contributed by atoms with van der Waals surface area (Å²) in [6, 6.07) is 17.0. The van der Waals surface area contributed by atoms with E-state index in [4.69, 9.17) is 23.2 Å². The molecular formula is C25H29Cl2N3O. The van der Waals surface area contributed by atoms with E-state index in [-0.39, 0.29) is 5.91 Å². The minimum Gasteiger partial charge on any atom is -0.339 e. The third-order valence-corrected chi connectivity index (χ3v) is 8.34. The lowest BCUT2D eigenvalue weighted by molar-refractivity contribution is -0.125. The number of para-hydroxylation sites is 1. The molecule has 1 amide bonds. The Morgan fingerprint density at radius 2 is 1.68 bits per heavy atom. The molecule has 2 heterocycles. The number of likely N-dealkylation sites (tertiary alicyclic amines) is 1. The lowest BCUT2D eigenvalue weighted by Gasteiger charge is -2.48. The molecule has 1 aliphatic carbocycles. The van der Waals surface area contributed by atoms with Crippen molar-refractivity contribution in [2.75, 3.05) is 24.7 Å². The first-order chi connectivity index (χ1) is 15.1. The summed E-state index contributed by atoms with van der Waals surface area (Å²) in [7, 11) is 0. The molecule has 0 aromatic heterocycles. The number of carbonyl (C=O) groups is 1. The van der Waals surface area contributed by atoms with Crippen LogP contribution in [0.4, 0.5) is 5.69 Å². The Morgan fingerprint density at radius 1 is 0.935 bits per heavy atom. The molecule has 2 aromatic rings. The number of nitrogens with one attached hydrogen (secondary N) is 1. The van der Waals surface area contributed by atoms with Gasteiger partial charge < -0.3 is 10.2 Å². The van der Waals surface area contributed by atoms with Crippen molar-refractivity contribution in [2.45, 2.75) is 56.0 Å². The summed E-state index contributed by atoms with van der Waals surface area (Å²) in [6.45, 7) is 2.48. The molecule has 0 bridgehead atoms. The number of hydrogen-bond donors (Lipinski definition) is 1. The predicted molar refractivity (Wildman–Crippen MR) is 127 cm³/mol. The maximum absolute atomic E-state index is 13.0. The van der Waals surface area contributed by atoms with E-state index in [0.29, 0.717) is 28.7 Å². The SMILES string of the molecule is O=C1NCN(c2ccccc2)C12CCN(C1CCCCC1c1ccc(Cl)c(Cl)c1)CC2. The zero-order valence-electron chi connectivity index (χ0n) is 17.7. The van der Waals surface area contributed by atoms with Gasteiger partial charge in [0, 0.05) is 24.8 Å². The highest BCUT2D eigenvalue weighted by Gasteiger charge is 2.51. The Bertz CT molecular complexity index is 943. The summed E-state index contributed by atoms with van der Waals surface area (Å²) in [5, 5.41) is 4.37. The van der Waals surface area contributed by atoms with E-state index in [0.717, 1.165) is 31.6 Å². The van der Waals surface area contributed by atoms with Gasteiger partial charge in [0.1, 0.15) is 5.54 Å². The Kier molecular flexibility index (Phi) is 5.89. The molecule has 3 fully saturated rings. The fourth-order valence-corrected chi connectivity index (χ4v) is 6.24. The van der Waals surface area contributed by atoms with E-state index in [1.54, 1.807) is 0 Å². The molecule has 4 nitrogen and oxygen atoms in total. The molecule has 2 aromatic carbocycles. The number of carbonyl (C=O) groups excluding carboxylic acids is 1. The number of benzene rings is 2. The smallest absolute Gasteiger partial charge is 0.247 e. The summed E-state index contributed by atoms with van der Waals surface area (Å²) < 4.78 is 0. The fourth-order valence-electron chi connectivity index (χ4n) is 5.94. The number of nitrogens with zero attached hydrogens (tertiary/aromatic N) is 2. The van der Waals surface area contributed by atoms with Crippen molar-refractivity contribution in [3.63, 3.8) is 0 Å². The van der Waals surface area contributed by atoms with Crippen LogP contribution in [0.5, 0.6) is 0 Å². The first kappa shape index (κ1) is 21.1. The van der Waals surface area contributed by atoms with Gasteiger partial charge in [0.2, 0.25) is 5.91 Å². The highest BCUT2D eigenvalue weighted by Crippen LogP contribution is 2.42. The van der Waals surface area contributed by atoms with E-state index < -0.39 is 5.54 Å². The van der Waals surface area contributed by atoms with Crippen LogP contribution in [0.25, 0.3) is 0 Å². The van der Waals surface area contributed by atoms with Gasteiger partial charge in [-0.1, -0.05) is 60.3 Å². The van der Waals surface area contributed by atoms with Crippen LogP contribution in [0, 0.1) is 0 Å². The molecule has 2 atom stereocenters. The number of hydrogen-bond acceptors (Lipinski definition) is 3. The zero-order valence-corrected chi connectivity index (χ0v) is 19.2. The van der Waals surface area contributed by atoms with Crippen molar-refractivity contribution < 1.29 is 4.79 Å². The third kappa shape index (κ3) is 3.83. The van der Waals surface area contributed by atoms with Gasteiger partial charge in [-0.2, -0.15) is 0 Å². The molecule has 6 heteroatoms. The number of rotatable bonds is 3. The first-order valence-electron chi connectivity index (χ1n) is 11.4. The second-order valence-electron chi connectivity index (χ2n) is 9.13. The van der Waals surface area contributed by atoms with Crippen LogP contribution in [0.3, 0.4) is 0 Å². The number of halogens is 2. The average molecular weight is 458 g/mol. The van der Waals surface area contributed by atoms with Gasteiger partial charge in [-0.25, -0.2) is 0 Å². The highest BCUT2D eigenvalue weighted by atomic mass is 35.5. The minimum absolute atomic E-state index is 0.181. The topological polar surface area (TPSA) is 35.6 Å². The van der Waals surface area contributed by atoms with Crippen LogP contribution in [0.1, 0.15) is 50.0 Å². The summed E-state index contributed by atoms with van der Waals surface area (Å²) in [6.07, 6.45) is 6.62. The van der Waals surface area contributed by atoms with Gasteiger partial charge in [0.05, 0.1) is 16.7 Å². The molecule has 5 rings (SSSR count). The van der Waals surface area contributed by atoms with Gasteiger partial charge in [0.25, 0.3) is 0 Å². The van der Waals surface area contributed by atoms with Crippen molar-refractivity contribution in [3.05, 3.63) is 64.1 Å². The lowest BCUT2D eigenvalue weighted by Crippen LogP contribution is -2.58. The standard InChI is InChI=1S/C25H29Cl2N3O/c26-21-11-10-18(16-22(21)27)20-8-4-5-9-23(20)29-14-12-25(13-15-29)24(31)28-17-30(25)19-6-2-1-3-7-19/h1-3,6-7,10-11,16,20,23H,4-5,8-9,12-15,17H2,(H,28,31). The Morgan fingerprint density at radius 3 is 2.42 bits per heavy atom. The normalized spacial score (nSPS) is 26.3. The molecular weight excluding hydrogens is 429 g/mol. The van der Waals surface area contributed by atoms with E-state index in [1.807, 2.05) is 24.3 Å². The van der Waals surface area contributed by atoms with Crippen molar-refractivity contribution in [3.8, 4) is 0 Å². The molecule has 2 saturated heterocycles. The Labute approximate surface area is 194 Å². The Hall–Kier alpha value is -1.75. The van der Waals surface area contributed by atoms with Crippen LogP contribution in [-0.4, -0.2) is 42.1 Å². The largest absolute Gasteiger partial charge is 0.339 e. The zero-order chi connectivity index (χ0) is 21.4. The molecule has 1 spiro atoms. The van der Waals surface area contributed by atoms with Gasteiger partial charge in [-0.05, 0) is 61.4 Å². The molecule has 3 aliphatic rings. The number of piperidine rings is 1. The van der Waals surface area contributed by atoms with E-state index in [9.17, 15) is 4.79 Å². The van der Waals surface area contributed by atoms with Crippen molar-refractivity contribution >= 4 is 34.8 Å². The molecule has 1 N–H and O–H groups in total. The van der Waals surface area contributed by atoms with Crippen LogP contribution in [-0.2, 0) is 4.79 Å². The molecule has 2 aliphatic heterocycles. The summed E-state index contributed by atoms with van der Waals surface area (Å²) in [5.41, 5.74) is 2.00. The van der Waals surface area contributed by atoms with Gasteiger partial charge in [0.15, 0.2) is 0 Å².